The summed E-state index contributed by atoms with van der Waals surface area (Å²) in [5.74, 6) is 0.756. The molecule has 2 heterocycles. The molecule has 25 heavy (non-hydrogen) atoms. The highest BCUT2D eigenvalue weighted by Crippen LogP contribution is 2.39. The maximum Gasteiger partial charge on any atom is 0.353 e. The van der Waals surface area contributed by atoms with Crippen molar-refractivity contribution < 1.29 is 4.92 Å². The fourth-order valence-corrected chi connectivity index (χ4v) is 3.46. The van der Waals surface area contributed by atoms with E-state index in [2.05, 4.69) is 21.8 Å². The van der Waals surface area contributed by atoms with Crippen LogP contribution in [0.5, 0.6) is 0 Å². The van der Waals surface area contributed by atoms with Gasteiger partial charge in [0.1, 0.15) is 6.33 Å². The first-order valence-corrected chi connectivity index (χ1v) is 8.68. The van der Waals surface area contributed by atoms with Crippen molar-refractivity contribution in [3.63, 3.8) is 0 Å². The first-order chi connectivity index (χ1) is 12.1. The van der Waals surface area contributed by atoms with E-state index in [1.54, 1.807) is 11.9 Å². The average Bonchev–Trinajstić information content (AvgIpc) is 2.67. The van der Waals surface area contributed by atoms with Crippen molar-refractivity contribution in [1.29, 1.82) is 0 Å². The van der Waals surface area contributed by atoms with Gasteiger partial charge in [0.25, 0.3) is 0 Å². The average molecular weight is 341 g/mol. The Kier molecular flexibility index (Phi) is 5.11. The highest BCUT2D eigenvalue weighted by Gasteiger charge is 2.33. The van der Waals surface area contributed by atoms with Crippen LogP contribution in [0, 0.1) is 10.1 Å². The van der Waals surface area contributed by atoms with Crippen molar-refractivity contribution in [3.05, 3.63) is 46.8 Å². The van der Waals surface area contributed by atoms with Crippen LogP contribution in [0.4, 0.5) is 23.0 Å². The van der Waals surface area contributed by atoms with Crippen molar-refractivity contribution >= 4 is 23.0 Å². The zero-order valence-corrected chi connectivity index (χ0v) is 14.6. The Morgan fingerprint density at radius 2 is 2.04 bits per heavy atom. The first kappa shape index (κ1) is 17.1. The molecule has 2 aromatic rings. The van der Waals surface area contributed by atoms with Gasteiger partial charge in [-0.15, -0.1) is 0 Å². The molecule has 1 atom stereocenters. The number of anilines is 3. The summed E-state index contributed by atoms with van der Waals surface area (Å²) in [6.07, 6.45) is 5.61. The lowest BCUT2D eigenvalue weighted by Crippen LogP contribution is -2.40. The van der Waals surface area contributed by atoms with Crippen molar-refractivity contribution in [3.8, 4) is 0 Å². The molecule has 1 aromatic carbocycles. The van der Waals surface area contributed by atoms with Crippen LogP contribution in [0.25, 0.3) is 0 Å². The van der Waals surface area contributed by atoms with Crippen LogP contribution in [-0.4, -0.2) is 34.5 Å². The minimum absolute atomic E-state index is 0.0193. The van der Waals surface area contributed by atoms with Crippen molar-refractivity contribution in [2.75, 3.05) is 23.4 Å². The van der Waals surface area contributed by atoms with Crippen molar-refractivity contribution in [2.24, 2.45) is 0 Å². The van der Waals surface area contributed by atoms with Gasteiger partial charge >= 0.3 is 5.69 Å². The number of aromatic nitrogens is 2. The zero-order valence-electron chi connectivity index (χ0n) is 14.6. The number of nitrogens with zero attached hydrogens (tertiary/aromatic N) is 5. The molecule has 0 bridgehead atoms. The minimum Gasteiger partial charge on any atom is -0.348 e. The van der Waals surface area contributed by atoms with E-state index in [0.29, 0.717) is 11.6 Å². The number of hydrogen-bond donors (Lipinski definition) is 0. The van der Waals surface area contributed by atoms with E-state index in [0.717, 1.165) is 37.9 Å². The Hall–Kier alpha value is -2.70. The molecule has 7 nitrogen and oxygen atoms in total. The second-order valence-electron chi connectivity index (χ2n) is 6.27. The Bertz CT molecular complexity index is 738. The van der Waals surface area contributed by atoms with Gasteiger partial charge in [0.2, 0.25) is 11.6 Å². The number of nitro groups is 1. The highest BCUT2D eigenvalue weighted by molar-refractivity contribution is 5.76. The smallest absolute Gasteiger partial charge is 0.348 e. The van der Waals surface area contributed by atoms with E-state index in [1.165, 1.54) is 6.33 Å². The van der Waals surface area contributed by atoms with E-state index >= 15 is 0 Å². The van der Waals surface area contributed by atoms with E-state index in [-0.39, 0.29) is 16.7 Å². The van der Waals surface area contributed by atoms with Crippen LogP contribution in [-0.2, 0) is 0 Å². The Balaban J connectivity index is 2.07. The molecule has 0 aliphatic carbocycles. The van der Waals surface area contributed by atoms with Crippen LogP contribution in [0.15, 0.2) is 36.7 Å². The third-order valence-corrected chi connectivity index (χ3v) is 4.80. The van der Waals surface area contributed by atoms with E-state index in [9.17, 15) is 10.1 Å². The van der Waals surface area contributed by atoms with E-state index in [4.69, 9.17) is 0 Å². The molecule has 1 fully saturated rings. The molecule has 0 N–H and O–H groups in total. The number of para-hydroxylation sites is 1. The molecule has 1 aliphatic heterocycles. The summed E-state index contributed by atoms with van der Waals surface area (Å²) in [4.78, 5) is 23.9. The van der Waals surface area contributed by atoms with Gasteiger partial charge in [-0.3, -0.25) is 10.1 Å². The highest BCUT2D eigenvalue weighted by atomic mass is 16.6. The molecule has 1 saturated heterocycles. The summed E-state index contributed by atoms with van der Waals surface area (Å²) < 4.78 is 0. The maximum atomic E-state index is 11.9. The van der Waals surface area contributed by atoms with Gasteiger partial charge in [0.05, 0.1) is 4.92 Å². The summed E-state index contributed by atoms with van der Waals surface area (Å²) in [7, 11) is 1.79. The molecule has 0 amide bonds. The Morgan fingerprint density at radius 1 is 1.28 bits per heavy atom. The fourth-order valence-electron chi connectivity index (χ4n) is 3.46. The largest absolute Gasteiger partial charge is 0.353 e. The van der Waals surface area contributed by atoms with Gasteiger partial charge in [0.15, 0.2) is 0 Å². The maximum absolute atomic E-state index is 11.9. The summed E-state index contributed by atoms with van der Waals surface area (Å²) in [5.41, 5.74) is 0.829. The summed E-state index contributed by atoms with van der Waals surface area (Å²) in [6.45, 7) is 2.91. The number of rotatable bonds is 5. The molecule has 1 unspecified atom stereocenters. The van der Waals surface area contributed by atoms with Crippen molar-refractivity contribution in [2.45, 2.75) is 38.6 Å². The Morgan fingerprint density at radius 3 is 2.72 bits per heavy atom. The van der Waals surface area contributed by atoms with Crippen LogP contribution >= 0.6 is 0 Å². The van der Waals surface area contributed by atoms with Gasteiger partial charge < -0.3 is 9.80 Å². The SMILES string of the molecule is CCC1CCCCN1c1ncnc(N(C)c2ccccc2)c1[N+](=O)[O-]. The van der Waals surface area contributed by atoms with Crippen LogP contribution in [0.2, 0.25) is 0 Å². The second-order valence-corrected chi connectivity index (χ2v) is 6.27. The topological polar surface area (TPSA) is 75.4 Å². The molecular weight excluding hydrogens is 318 g/mol. The predicted octanol–water partition coefficient (Wildman–Crippen LogP) is 3.92. The molecule has 1 aliphatic rings. The molecule has 1 aromatic heterocycles. The minimum atomic E-state index is -0.356. The summed E-state index contributed by atoms with van der Waals surface area (Å²) in [6, 6.07) is 9.81. The third kappa shape index (κ3) is 3.40. The monoisotopic (exact) mass is 341 g/mol. The molecule has 132 valence electrons. The van der Waals surface area contributed by atoms with Gasteiger partial charge in [-0.2, -0.15) is 0 Å². The third-order valence-electron chi connectivity index (χ3n) is 4.80. The standard InChI is InChI=1S/C18H23N5O2/c1-3-14-9-7-8-12-22(14)18-16(23(24)25)17(19-13-20-18)21(2)15-10-5-4-6-11-15/h4-6,10-11,13-14H,3,7-9,12H2,1-2H3. The Labute approximate surface area is 147 Å². The van der Waals surface area contributed by atoms with E-state index < -0.39 is 0 Å². The summed E-state index contributed by atoms with van der Waals surface area (Å²) in [5, 5.41) is 11.9. The zero-order chi connectivity index (χ0) is 17.8. The van der Waals surface area contributed by atoms with Crippen molar-refractivity contribution in [1.82, 2.24) is 9.97 Å². The lowest BCUT2D eigenvalue weighted by atomic mass is 10.00. The van der Waals surface area contributed by atoms with Crippen LogP contribution in [0.1, 0.15) is 32.6 Å². The fraction of sp³-hybridized carbons (Fsp3) is 0.444. The predicted molar refractivity (Wildman–Crippen MR) is 98.5 cm³/mol. The van der Waals surface area contributed by atoms with Crippen LogP contribution < -0.4 is 9.80 Å². The number of piperidine rings is 1. The van der Waals surface area contributed by atoms with Gasteiger partial charge in [-0.25, -0.2) is 9.97 Å². The molecule has 0 saturated carbocycles. The van der Waals surface area contributed by atoms with Gasteiger partial charge in [0, 0.05) is 25.3 Å². The second kappa shape index (κ2) is 7.46. The lowest BCUT2D eigenvalue weighted by Gasteiger charge is -2.36. The normalized spacial score (nSPS) is 17.4. The molecule has 7 heteroatoms. The molecule has 0 radical (unpaired) electrons. The van der Waals surface area contributed by atoms with Gasteiger partial charge in [-0.05, 0) is 37.8 Å². The summed E-state index contributed by atoms with van der Waals surface area (Å²) >= 11 is 0. The number of hydrogen-bond acceptors (Lipinski definition) is 6. The quantitative estimate of drug-likeness (QED) is 0.606. The molecular formula is C18H23N5O2. The van der Waals surface area contributed by atoms with E-state index in [1.807, 2.05) is 30.3 Å². The molecule has 0 spiro atoms. The van der Waals surface area contributed by atoms with Gasteiger partial charge in [-0.1, -0.05) is 25.1 Å². The first-order valence-electron chi connectivity index (χ1n) is 8.68. The lowest BCUT2D eigenvalue weighted by molar-refractivity contribution is -0.383. The molecule has 3 rings (SSSR count). The number of benzene rings is 1. The van der Waals surface area contributed by atoms with Crippen LogP contribution in [0.3, 0.4) is 0 Å².